The van der Waals surface area contributed by atoms with Crippen molar-refractivity contribution in [1.29, 1.82) is 0 Å². The van der Waals surface area contributed by atoms with E-state index in [4.69, 9.17) is 4.74 Å². The van der Waals surface area contributed by atoms with E-state index < -0.39 is 0 Å². The minimum absolute atomic E-state index is 0. The fourth-order valence-electron chi connectivity index (χ4n) is 6.58. The Balaban J connectivity index is 0.00000253. The molecule has 3 heterocycles. The van der Waals surface area contributed by atoms with Gasteiger partial charge < -0.3 is 19.9 Å². The van der Waals surface area contributed by atoms with Gasteiger partial charge in [0.1, 0.15) is 0 Å². The molecule has 6 heteroatoms. The predicted molar refractivity (Wildman–Crippen MR) is 160 cm³/mol. The Morgan fingerprint density at radius 1 is 0.800 bits per heavy atom. The molecule has 35 heavy (non-hydrogen) atoms. The summed E-state index contributed by atoms with van der Waals surface area (Å²) < 4.78 is 5.60. The molecular formula is C29H40IN3OS. The largest absolute Gasteiger partial charge is 0.378 e. The first-order chi connectivity index (χ1) is 16.7. The Hall–Kier alpha value is -1.12. The van der Waals surface area contributed by atoms with E-state index in [1.165, 1.54) is 88.9 Å². The molecule has 2 atom stereocenters. The number of benzene rings is 2. The smallest absolute Gasteiger partial charge is 0.0642 e. The SMILES string of the molecule is CCc1cc(N2CCOCC2)cc2c1Nc1c(CC)cc(N3CCC4CCCCC4C3)cc1S2.I. The average molecular weight is 606 g/mol. The van der Waals surface area contributed by atoms with Crippen molar-refractivity contribution >= 4 is 58.5 Å². The maximum absolute atomic E-state index is 5.60. The number of nitrogens with one attached hydrogen (secondary N) is 1. The van der Waals surface area contributed by atoms with Gasteiger partial charge >= 0.3 is 0 Å². The van der Waals surface area contributed by atoms with Crippen LogP contribution in [0.5, 0.6) is 0 Å². The van der Waals surface area contributed by atoms with E-state index in [0.717, 1.165) is 51.0 Å². The van der Waals surface area contributed by atoms with Gasteiger partial charge in [-0.15, -0.1) is 24.0 Å². The Labute approximate surface area is 232 Å². The molecule has 2 unspecified atom stereocenters. The van der Waals surface area contributed by atoms with Gasteiger partial charge in [-0.3, -0.25) is 0 Å². The molecule has 0 bridgehead atoms. The molecule has 6 rings (SSSR count). The van der Waals surface area contributed by atoms with Gasteiger partial charge in [-0.25, -0.2) is 0 Å². The molecular weight excluding hydrogens is 565 g/mol. The maximum Gasteiger partial charge on any atom is 0.0642 e. The Bertz CT molecular complexity index is 1050. The third-order valence-corrected chi connectivity index (χ3v) is 9.69. The summed E-state index contributed by atoms with van der Waals surface area (Å²) in [6.07, 6.45) is 9.26. The van der Waals surface area contributed by atoms with E-state index in [1.54, 1.807) is 0 Å². The molecule has 1 aliphatic carbocycles. The highest BCUT2D eigenvalue weighted by Crippen LogP contribution is 2.50. The number of fused-ring (bicyclic) bond motifs is 3. The first-order valence-corrected chi connectivity index (χ1v) is 14.4. The van der Waals surface area contributed by atoms with E-state index >= 15 is 0 Å². The molecule has 1 N–H and O–H groups in total. The second kappa shape index (κ2) is 11.1. The normalized spacial score (nSPS) is 23.5. The number of hydrogen-bond donors (Lipinski definition) is 1. The van der Waals surface area contributed by atoms with E-state index in [-0.39, 0.29) is 24.0 Å². The van der Waals surface area contributed by atoms with Gasteiger partial charge in [-0.05, 0) is 72.9 Å². The molecule has 3 fully saturated rings. The van der Waals surface area contributed by atoms with Crippen LogP contribution in [0, 0.1) is 11.8 Å². The first kappa shape index (κ1) is 25.5. The zero-order valence-corrected chi connectivity index (χ0v) is 24.4. The monoisotopic (exact) mass is 605 g/mol. The topological polar surface area (TPSA) is 27.7 Å². The van der Waals surface area contributed by atoms with Crippen molar-refractivity contribution in [2.75, 3.05) is 54.5 Å². The lowest BCUT2D eigenvalue weighted by Crippen LogP contribution is -2.41. The summed E-state index contributed by atoms with van der Waals surface area (Å²) in [6.45, 7) is 10.7. The van der Waals surface area contributed by atoms with Crippen molar-refractivity contribution in [2.24, 2.45) is 11.8 Å². The molecule has 2 saturated heterocycles. The molecule has 0 spiro atoms. The summed E-state index contributed by atoms with van der Waals surface area (Å²) in [4.78, 5) is 7.96. The summed E-state index contributed by atoms with van der Waals surface area (Å²) in [5, 5.41) is 3.90. The van der Waals surface area contributed by atoms with Gasteiger partial charge in [0.05, 0.1) is 24.6 Å². The lowest BCUT2D eigenvalue weighted by Gasteiger charge is -2.42. The van der Waals surface area contributed by atoms with E-state index in [1.807, 2.05) is 11.8 Å². The Kier molecular flexibility index (Phi) is 8.09. The second-order valence-corrected chi connectivity index (χ2v) is 11.6. The minimum atomic E-state index is 0. The van der Waals surface area contributed by atoms with E-state index in [0.29, 0.717) is 0 Å². The minimum Gasteiger partial charge on any atom is -0.378 e. The van der Waals surface area contributed by atoms with Gasteiger partial charge in [0.2, 0.25) is 0 Å². The fraction of sp³-hybridized carbons (Fsp3) is 0.586. The zero-order chi connectivity index (χ0) is 23.1. The average Bonchev–Trinajstić information content (AvgIpc) is 2.90. The molecule has 4 aliphatic rings. The van der Waals surface area contributed by atoms with E-state index in [2.05, 4.69) is 53.2 Å². The molecule has 0 radical (unpaired) electrons. The van der Waals surface area contributed by atoms with Crippen LogP contribution in [0.1, 0.15) is 57.1 Å². The van der Waals surface area contributed by atoms with Crippen molar-refractivity contribution in [1.82, 2.24) is 0 Å². The van der Waals surface area contributed by atoms with Gasteiger partial charge in [0.25, 0.3) is 0 Å². The van der Waals surface area contributed by atoms with Crippen LogP contribution in [0.4, 0.5) is 22.7 Å². The van der Waals surface area contributed by atoms with Crippen molar-refractivity contribution < 1.29 is 4.74 Å². The second-order valence-electron chi connectivity index (χ2n) is 10.5. The molecule has 4 nitrogen and oxygen atoms in total. The van der Waals surface area contributed by atoms with Crippen LogP contribution in [0.25, 0.3) is 0 Å². The van der Waals surface area contributed by atoms with Crippen molar-refractivity contribution in [3.63, 3.8) is 0 Å². The van der Waals surface area contributed by atoms with Crippen molar-refractivity contribution in [3.8, 4) is 0 Å². The Morgan fingerprint density at radius 3 is 2.03 bits per heavy atom. The van der Waals surface area contributed by atoms with E-state index in [9.17, 15) is 0 Å². The first-order valence-electron chi connectivity index (χ1n) is 13.6. The van der Waals surface area contributed by atoms with Crippen LogP contribution in [0.3, 0.4) is 0 Å². The molecule has 1 saturated carbocycles. The number of morpholine rings is 1. The number of nitrogens with zero attached hydrogens (tertiary/aromatic N) is 2. The van der Waals surface area contributed by atoms with Gasteiger partial charge in [-0.2, -0.15) is 0 Å². The number of ether oxygens (including phenoxy) is 1. The third kappa shape index (κ3) is 5.04. The molecule has 0 amide bonds. The maximum atomic E-state index is 5.60. The summed E-state index contributed by atoms with van der Waals surface area (Å²) >= 11 is 1.97. The summed E-state index contributed by atoms with van der Waals surface area (Å²) in [5.41, 5.74) is 8.33. The van der Waals surface area contributed by atoms with Gasteiger partial charge in [-0.1, -0.05) is 44.9 Å². The molecule has 3 aliphatic heterocycles. The summed E-state index contributed by atoms with van der Waals surface area (Å²) in [6, 6.07) is 9.77. The highest BCUT2D eigenvalue weighted by molar-refractivity contribution is 14.0. The molecule has 0 aromatic heterocycles. The quantitative estimate of drug-likeness (QED) is 0.311. The summed E-state index contributed by atoms with van der Waals surface area (Å²) in [7, 11) is 0. The van der Waals surface area contributed by atoms with Crippen LogP contribution in [0.2, 0.25) is 0 Å². The van der Waals surface area contributed by atoms with Gasteiger partial charge in [0, 0.05) is 47.3 Å². The van der Waals surface area contributed by atoms with Crippen LogP contribution < -0.4 is 15.1 Å². The summed E-state index contributed by atoms with van der Waals surface area (Å²) in [5.74, 6) is 1.88. The number of halogens is 1. The fourth-order valence-corrected chi connectivity index (χ4v) is 7.75. The van der Waals surface area contributed by atoms with Crippen molar-refractivity contribution in [3.05, 3.63) is 35.4 Å². The van der Waals surface area contributed by atoms with Crippen LogP contribution in [-0.2, 0) is 17.6 Å². The lowest BCUT2D eigenvalue weighted by atomic mass is 9.75. The molecule has 2 aromatic carbocycles. The molecule has 2 aromatic rings. The Morgan fingerprint density at radius 2 is 1.40 bits per heavy atom. The number of aryl methyl sites for hydroxylation is 2. The van der Waals surface area contributed by atoms with Crippen LogP contribution in [-0.4, -0.2) is 39.4 Å². The number of anilines is 4. The highest BCUT2D eigenvalue weighted by atomic mass is 127. The van der Waals surface area contributed by atoms with Crippen LogP contribution in [0.15, 0.2) is 34.1 Å². The number of hydrogen-bond acceptors (Lipinski definition) is 5. The number of rotatable bonds is 4. The number of piperidine rings is 1. The zero-order valence-electron chi connectivity index (χ0n) is 21.3. The van der Waals surface area contributed by atoms with Crippen LogP contribution >= 0.6 is 35.7 Å². The third-order valence-electron chi connectivity index (χ3n) is 8.60. The standard InChI is InChI=1S/C29H39N3OS.HI/c1-3-20-15-24(31-11-13-33-14-12-31)17-26-28(20)30-29-21(4-2)16-25(18-27(29)34-26)32-10-9-22-7-5-6-8-23(22)19-32;/h15-18,22-23,30H,3-14,19H2,1-2H3;1H. The van der Waals surface area contributed by atoms with Crippen molar-refractivity contribution in [2.45, 2.75) is 68.6 Å². The predicted octanol–water partition coefficient (Wildman–Crippen LogP) is 7.49. The molecule has 190 valence electrons. The lowest BCUT2D eigenvalue weighted by molar-refractivity contribution is 0.122. The highest BCUT2D eigenvalue weighted by Gasteiger charge is 2.32. The van der Waals surface area contributed by atoms with Gasteiger partial charge in [0.15, 0.2) is 0 Å².